The molecule has 1 aliphatic rings. The number of aromatic nitrogens is 2. The molecule has 162 valence electrons. The Morgan fingerprint density at radius 2 is 2.12 bits per heavy atom. The lowest BCUT2D eigenvalue weighted by Gasteiger charge is -2.32. The molecule has 0 radical (unpaired) electrons. The van der Waals surface area contributed by atoms with E-state index in [4.69, 9.17) is 9.47 Å². The summed E-state index contributed by atoms with van der Waals surface area (Å²) >= 11 is 0. The van der Waals surface area contributed by atoms with Crippen LogP contribution in [0.2, 0.25) is 0 Å². The summed E-state index contributed by atoms with van der Waals surface area (Å²) in [6.07, 6.45) is 13.5. The molecule has 6 heteroatoms. The highest BCUT2D eigenvalue weighted by Crippen LogP contribution is 2.36. The van der Waals surface area contributed by atoms with Gasteiger partial charge in [0, 0.05) is 29.7 Å². The van der Waals surface area contributed by atoms with Gasteiger partial charge in [0.05, 0.1) is 18.4 Å². The maximum absolute atomic E-state index is 6.56. The summed E-state index contributed by atoms with van der Waals surface area (Å²) < 4.78 is 12.3. The number of hydrogen-bond acceptors (Lipinski definition) is 6. The zero-order chi connectivity index (χ0) is 22.8. The van der Waals surface area contributed by atoms with Gasteiger partial charge in [-0.05, 0) is 44.0 Å². The predicted octanol–water partition coefficient (Wildman–Crippen LogP) is 5.33. The third-order valence-corrected chi connectivity index (χ3v) is 4.68. The maximum Gasteiger partial charge on any atom is 0.176 e. The van der Waals surface area contributed by atoms with Crippen LogP contribution >= 0.6 is 0 Å². The SMILES string of the molecule is C=CC1=C(C=C)N(c2ncccc2OC(C(=C=CN=C)/C=C\C)c2cccnc2)CCO1. The molecule has 6 nitrogen and oxygen atoms in total. The smallest absolute Gasteiger partial charge is 0.176 e. The molecular weight excluding hydrogens is 400 g/mol. The minimum atomic E-state index is -0.489. The molecule has 0 aromatic carbocycles. The summed E-state index contributed by atoms with van der Waals surface area (Å²) in [6, 6.07) is 7.55. The Labute approximate surface area is 189 Å². The van der Waals surface area contributed by atoms with Crippen molar-refractivity contribution in [3.63, 3.8) is 0 Å². The van der Waals surface area contributed by atoms with Gasteiger partial charge in [0.2, 0.25) is 0 Å². The van der Waals surface area contributed by atoms with Gasteiger partial charge in [-0.1, -0.05) is 37.1 Å². The summed E-state index contributed by atoms with van der Waals surface area (Å²) in [6.45, 7) is 14.3. The van der Waals surface area contributed by atoms with E-state index >= 15 is 0 Å². The predicted molar refractivity (Wildman–Crippen MR) is 129 cm³/mol. The zero-order valence-corrected chi connectivity index (χ0v) is 18.1. The molecular formula is C26H26N4O2. The van der Waals surface area contributed by atoms with Crippen LogP contribution in [0.4, 0.5) is 5.82 Å². The van der Waals surface area contributed by atoms with Crippen molar-refractivity contribution in [2.24, 2.45) is 4.99 Å². The molecule has 2 aromatic rings. The first kappa shape index (κ1) is 22.5. The lowest BCUT2D eigenvalue weighted by atomic mass is 10.0. The first-order valence-electron chi connectivity index (χ1n) is 10.2. The van der Waals surface area contributed by atoms with E-state index in [1.807, 2.05) is 48.2 Å². The summed E-state index contributed by atoms with van der Waals surface area (Å²) in [5.74, 6) is 1.91. The second-order valence-corrected chi connectivity index (χ2v) is 6.68. The molecule has 1 atom stereocenters. The first-order chi connectivity index (χ1) is 15.7. The van der Waals surface area contributed by atoms with Gasteiger partial charge in [-0.25, -0.2) is 4.98 Å². The molecule has 0 bridgehead atoms. The van der Waals surface area contributed by atoms with Crippen molar-refractivity contribution >= 4 is 12.5 Å². The molecule has 0 N–H and O–H groups in total. The van der Waals surface area contributed by atoms with E-state index in [0.29, 0.717) is 30.5 Å². The Morgan fingerprint density at radius 1 is 1.28 bits per heavy atom. The minimum Gasteiger partial charge on any atom is -0.490 e. The molecule has 0 saturated heterocycles. The quantitative estimate of drug-likeness (QED) is 0.308. The summed E-state index contributed by atoms with van der Waals surface area (Å²) in [5, 5.41) is 0. The lowest BCUT2D eigenvalue weighted by Crippen LogP contribution is -2.32. The van der Waals surface area contributed by atoms with Gasteiger partial charge in [-0.3, -0.25) is 9.98 Å². The Bertz CT molecular complexity index is 1100. The lowest BCUT2D eigenvalue weighted by molar-refractivity contribution is 0.213. The molecule has 32 heavy (non-hydrogen) atoms. The second kappa shape index (κ2) is 11.3. The third kappa shape index (κ3) is 5.12. The second-order valence-electron chi connectivity index (χ2n) is 6.68. The Morgan fingerprint density at radius 3 is 2.81 bits per heavy atom. The third-order valence-electron chi connectivity index (χ3n) is 4.68. The van der Waals surface area contributed by atoms with E-state index in [2.05, 4.69) is 40.6 Å². The number of nitrogens with zero attached hydrogens (tertiary/aromatic N) is 4. The Balaban J connectivity index is 2.11. The van der Waals surface area contributed by atoms with E-state index in [-0.39, 0.29) is 0 Å². The number of ether oxygens (including phenoxy) is 2. The monoisotopic (exact) mass is 426 g/mol. The molecule has 1 unspecified atom stereocenters. The van der Waals surface area contributed by atoms with Gasteiger partial charge in [0.15, 0.2) is 17.7 Å². The van der Waals surface area contributed by atoms with Crippen LogP contribution in [0.1, 0.15) is 18.6 Å². The molecule has 2 aromatic heterocycles. The number of anilines is 1. The minimum absolute atomic E-state index is 0.489. The highest BCUT2D eigenvalue weighted by molar-refractivity contribution is 5.60. The fraction of sp³-hybridized carbons (Fsp3) is 0.154. The number of hydrogen-bond donors (Lipinski definition) is 0. The van der Waals surface area contributed by atoms with Crippen molar-refractivity contribution < 1.29 is 9.47 Å². The largest absolute Gasteiger partial charge is 0.490 e. The Hall–Kier alpha value is -4.15. The van der Waals surface area contributed by atoms with Crippen molar-refractivity contribution in [3.8, 4) is 5.75 Å². The van der Waals surface area contributed by atoms with E-state index in [1.54, 1.807) is 30.7 Å². The van der Waals surface area contributed by atoms with Gasteiger partial charge in [-0.15, -0.1) is 0 Å². The van der Waals surface area contributed by atoms with E-state index in [9.17, 15) is 0 Å². The van der Waals surface area contributed by atoms with Crippen LogP contribution in [0.25, 0.3) is 0 Å². The number of pyridine rings is 2. The van der Waals surface area contributed by atoms with Crippen molar-refractivity contribution in [1.29, 1.82) is 0 Å². The molecule has 3 rings (SSSR count). The highest BCUT2D eigenvalue weighted by atomic mass is 16.5. The normalized spacial score (nSPS) is 14.2. The number of aliphatic imine (C=N–C) groups is 1. The molecule has 0 spiro atoms. The standard InChI is InChI=1S/C26H26N4O2/c1-5-10-20(13-16-27-4)25(21-11-8-14-28-19-21)32-24-12-9-15-29-26(24)30-17-18-31-23(7-3)22(30)6-2/h5-12,14-16,19,25H,2-4,17-18H2,1H3/b10-5-. The van der Waals surface area contributed by atoms with Crippen LogP contribution in [0.5, 0.6) is 5.75 Å². The van der Waals surface area contributed by atoms with Crippen LogP contribution in [0.3, 0.4) is 0 Å². The fourth-order valence-corrected chi connectivity index (χ4v) is 3.33. The average molecular weight is 427 g/mol. The van der Waals surface area contributed by atoms with E-state index in [0.717, 1.165) is 16.8 Å². The molecule has 3 heterocycles. The van der Waals surface area contributed by atoms with Gasteiger partial charge in [0.25, 0.3) is 0 Å². The Kier molecular flexibility index (Phi) is 7.96. The van der Waals surface area contributed by atoms with Crippen LogP contribution in [0, 0.1) is 0 Å². The van der Waals surface area contributed by atoms with Gasteiger partial charge < -0.3 is 14.4 Å². The molecule has 0 amide bonds. The van der Waals surface area contributed by atoms with E-state index < -0.39 is 6.10 Å². The maximum atomic E-state index is 6.56. The number of rotatable bonds is 9. The first-order valence-corrected chi connectivity index (χ1v) is 10.2. The zero-order valence-electron chi connectivity index (χ0n) is 18.1. The summed E-state index contributed by atoms with van der Waals surface area (Å²) in [5.41, 5.74) is 5.58. The summed E-state index contributed by atoms with van der Waals surface area (Å²) in [4.78, 5) is 14.7. The van der Waals surface area contributed by atoms with Gasteiger partial charge >= 0.3 is 0 Å². The highest BCUT2D eigenvalue weighted by Gasteiger charge is 2.25. The average Bonchev–Trinajstić information content (AvgIpc) is 2.85. The molecule has 0 fully saturated rings. The van der Waals surface area contributed by atoms with Gasteiger partial charge in [0.1, 0.15) is 12.4 Å². The molecule has 0 aliphatic carbocycles. The summed E-state index contributed by atoms with van der Waals surface area (Å²) in [7, 11) is 0. The number of allylic oxidation sites excluding steroid dienone is 3. The van der Waals surface area contributed by atoms with Crippen molar-refractivity contribution in [1.82, 2.24) is 9.97 Å². The fourth-order valence-electron chi connectivity index (χ4n) is 3.33. The van der Waals surface area contributed by atoms with Crippen molar-refractivity contribution in [3.05, 3.63) is 115 Å². The van der Waals surface area contributed by atoms with Crippen LogP contribution in [-0.2, 0) is 4.74 Å². The van der Waals surface area contributed by atoms with Crippen LogP contribution < -0.4 is 9.64 Å². The van der Waals surface area contributed by atoms with Crippen LogP contribution in [0.15, 0.2) is 114 Å². The van der Waals surface area contributed by atoms with E-state index in [1.165, 1.54) is 6.20 Å². The van der Waals surface area contributed by atoms with Gasteiger partial charge in [-0.2, -0.15) is 0 Å². The van der Waals surface area contributed by atoms with Crippen LogP contribution in [-0.4, -0.2) is 29.8 Å². The molecule has 0 saturated carbocycles. The topological polar surface area (TPSA) is 59.8 Å². The van der Waals surface area contributed by atoms with Crippen molar-refractivity contribution in [2.75, 3.05) is 18.1 Å². The van der Waals surface area contributed by atoms with Crippen molar-refractivity contribution in [2.45, 2.75) is 13.0 Å². The molecule has 1 aliphatic heterocycles.